The molecule has 5 heteroatoms. The molecule has 0 aliphatic heterocycles. The Morgan fingerprint density at radius 2 is 1.76 bits per heavy atom. The quantitative estimate of drug-likeness (QED) is 0.499. The van der Waals surface area contributed by atoms with Crippen molar-refractivity contribution in [2.24, 2.45) is 28.6 Å². The van der Waals surface area contributed by atoms with Gasteiger partial charge in [-0.2, -0.15) is 4.73 Å². The molecule has 0 radical (unpaired) electrons. The number of aromatic nitrogens is 1. The summed E-state index contributed by atoms with van der Waals surface area (Å²) in [6.07, 6.45) is 8.69. The standard InChI is InChI=1S/C24H35NO4/c1-21-10-8-17(26)15-16(21)6-7-19-18(21)9-11-22(2)23(19,27)12-13-24(22,28)20-5-3-4-14-25(20)29/h3-5,14,16-19,26-28H,6-13,15H2,1-2H3/t16-,17-,18-,19+,21-,22-,23-,24-/m0/s1. The van der Waals surface area contributed by atoms with E-state index >= 15 is 0 Å². The molecular weight excluding hydrogens is 366 g/mol. The van der Waals surface area contributed by atoms with Crippen LogP contribution in [0.4, 0.5) is 0 Å². The molecule has 160 valence electrons. The highest BCUT2D eigenvalue weighted by atomic mass is 16.5. The molecule has 1 heterocycles. The second-order valence-corrected chi connectivity index (χ2v) is 11.0. The molecule has 4 saturated carbocycles. The number of hydrogen-bond donors (Lipinski definition) is 3. The van der Waals surface area contributed by atoms with Crippen LogP contribution in [-0.4, -0.2) is 27.0 Å². The molecule has 29 heavy (non-hydrogen) atoms. The number of aliphatic hydroxyl groups is 3. The van der Waals surface area contributed by atoms with Crippen LogP contribution in [0.3, 0.4) is 0 Å². The van der Waals surface area contributed by atoms with Crippen LogP contribution < -0.4 is 4.73 Å². The lowest BCUT2D eigenvalue weighted by atomic mass is 9.43. The first kappa shape index (κ1) is 19.8. The monoisotopic (exact) mass is 401 g/mol. The van der Waals surface area contributed by atoms with Gasteiger partial charge in [0.1, 0.15) is 0 Å². The Bertz CT molecular complexity index is 816. The lowest BCUT2D eigenvalue weighted by molar-refractivity contribution is -0.625. The summed E-state index contributed by atoms with van der Waals surface area (Å²) in [5.74, 6) is 1.10. The zero-order chi connectivity index (χ0) is 20.7. The molecule has 3 N–H and O–H groups in total. The minimum absolute atomic E-state index is 0.149. The van der Waals surface area contributed by atoms with Crippen LogP contribution in [-0.2, 0) is 5.60 Å². The van der Waals surface area contributed by atoms with Gasteiger partial charge in [-0.05, 0) is 87.0 Å². The van der Waals surface area contributed by atoms with Crippen molar-refractivity contribution < 1.29 is 20.0 Å². The van der Waals surface area contributed by atoms with E-state index < -0.39 is 16.6 Å². The first-order valence-corrected chi connectivity index (χ1v) is 11.5. The van der Waals surface area contributed by atoms with E-state index in [4.69, 9.17) is 0 Å². The van der Waals surface area contributed by atoms with Crippen molar-refractivity contribution in [2.45, 2.75) is 88.9 Å². The molecule has 0 aromatic carbocycles. The molecule has 0 spiro atoms. The molecule has 1 aromatic rings. The van der Waals surface area contributed by atoms with Gasteiger partial charge in [0, 0.05) is 17.5 Å². The number of pyridine rings is 1. The Balaban J connectivity index is 1.54. The van der Waals surface area contributed by atoms with E-state index in [1.54, 1.807) is 18.2 Å². The van der Waals surface area contributed by atoms with Crippen LogP contribution in [0.2, 0.25) is 0 Å². The van der Waals surface area contributed by atoms with Crippen LogP contribution in [0, 0.1) is 33.8 Å². The van der Waals surface area contributed by atoms with Crippen molar-refractivity contribution in [1.82, 2.24) is 0 Å². The number of rotatable bonds is 1. The summed E-state index contributed by atoms with van der Waals surface area (Å²) in [6, 6.07) is 5.20. The zero-order valence-electron chi connectivity index (χ0n) is 17.7. The fraction of sp³-hybridized carbons (Fsp3) is 0.792. The minimum Gasteiger partial charge on any atom is -0.618 e. The summed E-state index contributed by atoms with van der Waals surface area (Å²) in [6.45, 7) is 4.40. The van der Waals surface area contributed by atoms with Crippen LogP contribution in [0.15, 0.2) is 24.4 Å². The smallest absolute Gasteiger partial charge is 0.225 e. The molecule has 4 aliphatic carbocycles. The zero-order valence-corrected chi connectivity index (χ0v) is 17.7. The van der Waals surface area contributed by atoms with Crippen LogP contribution in [0.25, 0.3) is 0 Å². The summed E-state index contributed by atoms with van der Waals surface area (Å²) >= 11 is 0. The largest absolute Gasteiger partial charge is 0.618 e. The van der Waals surface area contributed by atoms with Crippen LogP contribution >= 0.6 is 0 Å². The van der Waals surface area contributed by atoms with Crippen molar-refractivity contribution in [3.8, 4) is 0 Å². The highest BCUT2D eigenvalue weighted by Crippen LogP contribution is 2.71. The molecule has 5 rings (SSSR count). The lowest BCUT2D eigenvalue weighted by Gasteiger charge is -2.64. The molecular formula is C24H35NO4. The minimum atomic E-state index is -1.31. The molecule has 1 aromatic heterocycles. The summed E-state index contributed by atoms with van der Waals surface area (Å²) in [5.41, 5.74) is -2.47. The maximum Gasteiger partial charge on any atom is 0.225 e. The Hall–Kier alpha value is -1.17. The van der Waals surface area contributed by atoms with Crippen molar-refractivity contribution in [3.05, 3.63) is 35.3 Å². The number of nitrogens with zero attached hydrogens (tertiary/aromatic N) is 1. The second kappa shape index (κ2) is 6.18. The Morgan fingerprint density at radius 1 is 0.966 bits per heavy atom. The van der Waals surface area contributed by atoms with Crippen LogP contribution in [0.1, 0.15) is 77.3 Å². The van der Waals surface area contributed by atoms with Gasteiger partial charge in [-0.15, -0.1) is 0 Å². The van der Waals surface area contributed by atoms with Crippen molar-refractivity contribution in [3.63, 3.8) is 0 Å². The number of aliphatic hydroxyl groups excluding tert-OH is 1. The average molecular weight is 402 g/mol. The Labute approximate surface area is 173 Å². The summed E-state index contributed by atoms with van der Waals surface area (Å²) in [4.78, 5) is 0. The molecule has 0 amide bonds. The van der Waals surface area contributed by atoms with E-state index in [2.05, 4.69) is 6.92 Å². The van der Waals surface area contributed by atoms with Gasteiger partial charge in [-0.3, -0.25) is 0 Å². The molecule has 4 fully saturated rings. The lowest BCUT2D eigenvalue weighted by Crippen LogP contribution is -2.65. The molecule has 4 aliphatic rings. The van der Waals surface area contributed by atoms with E-state index in [1.807, 2.05) is 6.92 Å². The van der Waals surface area contributed by atoms with Crippen molar-refractivity contribution in [2.75, 3.05) is 0 Å². The highest BCUT2D eigenvalue weighted by molar-refractivity contribution is 5.26. The third-order valence-electron chi connectivity index (χ3n) is 10.2. The fourth-order valence-corrected chi connectivity index (χ4v) is 8.38. The first-order chi connectivity index (χ1) is 13.7. The Morgan fingerprint density at radius 3 is 2.52 bits per heavy atom. The predicted octanol–water partition coefficient (Wildman–Crippen LogP) is 3.03. The molecule has 5 nitrogen and oxygen atoms in total. The normalized spacial score (nSPS) is 51.8. The van der Waals surface area contributed by atoms with E-state index in [1.165, 1.54) is 6.20 Å². The third-order valence-corrected chi connectivity index (χ3v) is 10.2. The Kier molecular flexibility index (Phi) is 4.21. The van der Waals surface area contributed by atoms with Gasteiger partial charge in [-0.25, -0.2) is 0 Å². The van der Waals surface area contributed by atoms with Gasteiger partial charge in [0.15, 0.2) is 11.8 Å². The van der Waals surface area contributed by atoms with Crippen molar-refractivity contribution >= 4 is 0 Å². The van der Waals surface area contributed by atoms with Gasteiger partial charge in [-0.1, -0.05) is 13.8 Å². The average Bonchev–Trinajstić information content (AvgIpc) is 2.91. The van der Waals surface area contributed by atoms with Gasteiger partial charge >= 0.3 is 0 Å². The maximum atomic E-state index is 12.5. The van der Waals surface area contributed by atoms with Crippen LogP contribution in [0.5, 0.6) is 0 Å². The second-order valence-electron chi connectivity index (χ2n) is 11.0. The third kappa shape index (κ3) is 2.35. The molecule has 0 saturated heterocycles. The molecule has 0 bridgehead atoms. The van der Waals surface area contributed by atoms with Gasteiger partial charge < -0.3 is 20.5 Å². The molecule has 0 unspecified atom stereocenters. The molecule has 8 atom stereocenters. The van der Waals surface area contributed by atoms with E-state index in [0.717, 1.165) is 49.7 Å². The van der Waals surface area contributed by atoms with Crippen molar-refractivity contribution in [1.29, 1.82) is 0 Å². The summed E-state index contributed by atoms with van der Waals surface area (Å²) in [5, 5.41) is 46.8. The van der Waals surface area contributed by atoms with Gasteiger partial charge in [0.2, 0.25) is 5.69 Å². The van der Waals surface area contributed by atoms with E-state index in [-0.39, 0.29) is 17.4 Å². The topological polar surface area (TPSA) is 87.6 Å². The summed E-state index contributed by atoms with van der Waals surface area (Å²) < 4.78 is 0.782. The first-order valence-electron chi connectivity index (χ1n) is 11.5. The number of fused-ring (bicyclic) bond motifs is 5. The number of hydrogen-bond acceptors (Lipinski definition) is 4. The SMILES string of the molecule is C[C@]12CC[C@H](O)C[C@@H]1CC[C@@H]1[C@@H]2CC[C@]2(C)[C@@](O)(c3cccc[n+]3[O-])CC[C@]12O. The van der Waals surface area contributed by atoms with E-state index in [9.17, 15) is 20.5 Å². The summed E-state index contributed by atoms with van der Waals surface area (Å²) in [7, 11) is 0. The predicted molar refractivity (Wildman–Crippen MR) is 108 cm³/mol. The van der Waals surface area contributed by atoms with Gasteiger partial charge in [0.25, 0.3) is 0 Å². The van der Waals surface area contributed by atoms with Gasteiger partial charge in [0.05, 0.1) is 11.7 Å². The van der Waals surface area contributed by atoms with E-state index in [0.29, 0.717) is 30.4 Å². The fourth-order valence-electron chi connectivity index (χ4n) is 8.38. The maximum absolute atomic E-state index is 12.5. The highest BCUT2D eigenvalue weighted by Gasteiger charge is 2.73.